The quantitative estimate of drug-likeness (QED) is 0.726. The smallest absolute Gasteiger partial charge is 0.147 e. The summed E-state index contributed by atoms with van der Waals surface area (Å²) in [5.41, 5.74) is 3.97. The van der Waals surface area contributed by atoms with Gasteiger partial charge in [0, 0.05) is 25.2 Å². The molecule has 0 unspecified atom stereocenters. The van der Waals surface area contributed by atoms with Crippen molar-refractivity contribution in [2.45, 2.75) is 0 Å². The van der Waals surface area contributed by atoms with Crippen LogP contribution >= 0.6 is 0 Å². The molecule has 3 aromatic rings. The lowest BCUT2D eigenvalue weighted by Gasteiger charge is -2.15. The highest BCUT2D eigenvalue weighted by atomic mass is 15.1. The molecule has 0 N–H and O–H groups in total. The van der Waals surface area contributed by atoms with Crippen molar-refractivity contribution in [1.82, 2.24) is 9.97 Å². The first-order chi connectivity index (χ1) is 10.3. The van der Waals surface area contributed by atoms with Crippen LogP contribution in [0.5, 0.6) is 0 Å². The molecule has 0 spiro atoms. The third-order valence-corrected chi connectivity index (χ3v) is 3.31. The second-order valence-corrected chi connectivity index (χ2v) is 5.05. The fraction of sp³-hybridized carbons (Fsp3) is 0.111. The van der Waals surface area contributed by atoms with Gasteiger partial charge in [-0.15, -0.1) is 0 Å². The van der Waals surface area contributed by atoms with Crippen LogP contribution in [0.3, 0.4) is 0 Å². The van der Waals surface area contributed by atoms with Gasteiger partial charge in [0.05, 0.1) is 17.6 Å². The Bertz CT molecular complexity index is 722. The van der Waals surface area contributed by atoms with Crippen LogP contribution in [-0.2, 0) is 0 Å². The maximum atomic E-state index is 4.78. The molecule has 0 aliphatic rings. The van der Waals surface area contributed by atoms with Crippen LogP contribution in [0.2, 0.25) is 0 Å². The van der Waals surface area contributed by atoms with Crippen LogP contribution in [0, 0.1) is 0 Å². The number of nitrogens with zero attached hydrogens (tertiary/aromatic N) is 3. The predicted octanol–water partition coefficient (Wildman–Crippen LogP) is 3.88. The lowest BCUT2D eigenvalue weighted by atomic mass is 10.0. The van der Waals surface area contributed by atoms with Gasteiger partial charge in [-0.3, -0.25) is 4.98 Å². The Morgan fingerprint density at radius 1 is 0.714 bits per heavy atom. The maximum absolute atomic E-state index is 4.78. The van der Waals surface area contributed by atoms with Crippen LogP contribution in [-0.4, -0.2) is 24.1 Å². The van der Waals surface area contributed by atoms with Crippen LogP contribution in [0.25, 0.3) is 22.5 Å². The Labute approximate surface area is 124 Å². The molecule has 0 bridgehead atoms. The van der Waals surface area contributed by atoms with Crippen molar-refractivity contribution in [2.75, 3.05) is 19.0 Å². The monoisotopic (exact) mass is 275 g/mol. The summed E-state index contributed by atoms with van der Waals surface area (Å²) in [7, 11) is 3.95. The molecule has 0 saturated carbocycles. The fourth-order valence-electron chi connectivity index (χ4n) is 2.20. The average Bonchev–Trinajstić information content (AvgIpc) is 2.56. The van der Waals surface area contributed by atoms with E-state index in [9.17, 15) is 0 Å². The zero-order valence-electron chi connectivity index (χ0n) is 12.2. The van der Waals surface area contributed by atoms with E-state index >= 15 is 0 Å². The van der Waals surface area contributed by atoms with Gasteiger partial charge >= 0.3 is 0 Å². The molecule has 104 valence electrons. The second kappa shape index (κ2) is 5.75. The Kier molecular flexibility index (Phi) is 3.65. The number of rotatable bonds is 3. The minimum absolute atomic E-state index is 0.855. The van der Waals surface area contributed by atoms with Gasteiger partial charge in [-0.25, -0.2) is 4.98 Å². The highest BCUT2D eigenvalue weighted by Crippen LogP contribution is 2.29. The van der Waals surface area contributed by atoms with Gasteiger partial charge in [0.15, 0.2) is 0 Å². The number of benzene rings is 2. The summed E-state index contributed by atoms with van der Waals surface area (Å²) in [5.74, 6) is 0.855. The Morgan fingerprint density at radius 2 is 1.24 bits per heavy atom. The molecule has 0 saturated heterocycles. The summed E-state index contributed by atoms with van der Waals surface area (Å²) in [6, 6.07) is 20.4. The van der Waals surface area contributed by atoms with Gasteiger partial charge in [-0.2, -0.15) is 0 Å². The maximum Gasteiger partial charge on any atom is 0.147 e. The summed E-state index contributed by atoms with van der Waals surface area (Å²) in [6.07, 6.45) is 1.81. The second-order valence-electron chi connectivity index (χ2n) is 5.05. The molecule has 2 aromatic carbocycles. The molecule has 0 fully saturated rings. The van der Waals surface area contributed by atoms with Gasteiger partial charge in [0.2, 0.25) is 0 Å². The number of hydrogen-bond donors (Lipinski definition) is 0. The van der Waals surface area contributed by atoms with Crippen molar-refractivity contribution < 1.29 is 0 Å². The van der Waals surface area contributed by atoms with E-state index in [0.717, 1.165) is 28.3 Å². The lowest BCUT2D eigenvalue weighted by molar-refractivity contribution is 1.05. The van der Waals surface area contributed by atoms with Crippen LogP contribution in [0.1, 0.15) is 0 Å². The molecule has 1 aromatic heterocycles. The van der Waals surface area contributed by atoms with E-state index in [4.69, 9.17) is 4.98 Å². The van der Waals surface area contributed by atoms with E-state index in [0.29, 0.717) is 0 Å². The van der Waals surface area contributed by atoms with E-state index in [1.54, 1.807) is 0 Å². The van der Waals surface area contributed by atoms with Gasteiger partial charge in [0.1, 0.15) is 5.82 Å². The van der Waals surface area contributed by atoms with Crippen molar-refractivity contribution in [1.29, 1.82) is 0 Å². The van der Waals surface area contributed by atoms with E-state index in [1.165, 1.54) is 0 Å². The van der Waals surface area contributed by atoms with Crippen LogP contribution in [0.15, 0.2) is 66.9 Å². The highest BCUT2D eigenvalue weighted by molar-refractivity contribution is 5.78. The van der Waals surface area contributed by atoms with Crippen molar-refractivity contribution in [3.05, 3.63) is 66.9 Å². The topological polar surface area (TPSA) is 29.0 Å². The molecular formula is C18H17N3. The molecule has 0 atom stereocenters. The molecule has 0 aliphatic carbocycles. The fourth-order valence-corrected chi connectivity index (χ4v) is 2.20. The molecule has 21 heavy (non-hydrogen) atoms. The minimum atomic E-state index is 0.855. The van der Waals surface area contributed by atoms with Gasteiger partial charge < -0.3 is 4.90 Å². The molecule has 3 heteroatoms. The first kappa shape index (κ1) is 13.3. The zero-order valence-corrected chi connectivity index (χ0v) is 12.2. The zero-order chi connectivity index (χ0) is 14.7. The Balaban J connectivity index is 2.21. The normalized spacial score (nSPS) is 10.4. The van der Waals surface area contributed by atoms with E-state index in [2.05, 4.69) is 29.2 Å². The minimum Gasteiger partial charge on any atom is -0.361 e. The van der Waals surface area contributed by atoms with Crippen molar-refractivity contribution in [2.24, 2.45) is 0 Å². The van der Waals surface area contributed by atoms with Crippen LogP contribution in [0.4, 0.5) is 5.82 Å². The third kappa shape index (κ3) is 2.77. The molecule has 3 nitrogen and oxygen atoms in total. The van der Waals surface area contributed by atoms with Crippen molar-refractivity contribution in [3.8, 4) is 22.5 Å². The highest BCUT2D eigenvalue weighted by Gasteiger charge is 2.12. The number of hydrogen-bond acceptors (Lipinski definition) is 3. The summed E-state index contributed by atoms with van der Waals surface area (Å²) in [4.78, 5) is 11.4. The molecular weight excluding hydrogens is 258 g/mol. The predicted molar refractivity (Wildman–Crippen MR) is 87.2 cm³/mol. The Hall–Kier alpha value is -2.68. The molecule has 0 aliphatic heterocycles. The number of anilines is 1. The summed E-state index contributed by atoms with van der Waals surface area (Å²) in [6.45, 7) is 0. The standard InChI is InChI=1S/C18H17N3/c1-21(2)16-13-19-17(14-9-5-3-6-10-14)18(20-16)15-11-7-4-8-12-15/h3-13H,1-2H3. The van der Waals surface area contributed by atoms with Crippen molar-refractivity contribution in [3.63, 3.8) is 0 Å². The lowest BCUT2D eigenvalue weighted by Crippen LogP contribution is -2.12. The SMILES string of the molecule is CN(C)c1cnc(-c2ccccc2)c(-c2ccccc2)n1. The molecule has 0 radical (unpaired) electrons. The molecule has 0 amide bonds. The first-order valence-corrected chi connectivity index (χ1v) is 6.91. The van der Waals surface area contributed by atoms with Gasteiger partial charge in [-0.05, 0) is 0 Å². The summed E-state index contributed by atoms with van der Waals surface area (Å²) in [5, 5.41) is 0. The molecule has 3 rings (SSSR count). The van der Waals surface area contributed by atoms with E-state index < -0.39 is 0 Å². The summed E-state index contributed by atoms with van der Waals surface area (Å²) < 4.78 is 0. The largest absolute Gasteiger partial charge is 0.361 e. The van der Waals surface area contributed by atoms with E-state index in [1.807, 2.05) is 61.6 Å². The van der Waals surface area contributed by atoms with Crippen LogP contribution < -0.4 is 4.90 Å². The molecule has 1 heterocycles. The third-order valence-electron chi connectivity index (χ3n) is 3.31. The Morgan fingerprint density at radius 3 is 1.76 bits per heavy atom. The van der Waals surface area contributed by atoms with Crippen molar-refractivity contribution >= 4 is 5.82 Å². The van der Waals surface area contributed by atoms with Gasteiger partial charge in [0.25, 0.3) is 0 Å². The van der Waals surface area contributed by atoms with E-state index in [-0.39, 0.29) is 0 Å². The summed E-state index contributed by atoms with van der Waals surface area (Å²) >= 11 is 0. The first-order valence-electron chi connectivity index (χ1n) is 6.91. The number of aromatic nitrogens is 2. The van der Waals surface area contributed by atoms with Gasteiger partial charge in [-0.1, -0.05) is 60.7 Å². The average molecular weight is 275 g/mol.